The smallest absolute Gasteiger partial charge is 0.341 e. The van der Waals surface area contributed by atoms with Gasteiger partial charge in [0.15, 0.2) is 12.4 Å². The normalized spacial score (nSPS) is 26.7. The first-order valence-corrected chi connectivity index (χ1v) is 8.64. The molecule has 1 aromatic carbocycles. The highest BCUT2D eigenvalue weighted by Crippen LogP contribution is 2.54. The van der Waals surface area contributed by atoms with Gasteiger partial charge in [-0.2, -0.15) is 0 Å². The average molecular weight is 373 g/mol. The Bertz CT molecular complexity index is 707. The largest absolute Gasteiger partial charge is 0.480 e. The molecule has 3 rings (SSSR count). The van der Waals surface area contributed by atoms with Crippen molar-refractivity contribution in [1.82, 2.24) is 0 Å². The van der Waals surface area contributed by atoms with Crippen LogP contribution in [0.3, 0.4) is 0 Å². The summed E-state index contributed by atoms with van der Waals surface area (Å²) in [5.41, 5.74) is -0.714. The molecule has 1 saturated carbocycles. The first-order chi connectivity index (χ1) is 11.2. The molecule has 2 aliphatic rings. The molecule has 2 aliphatic carbocycles. The van der Waals surface area contributed by atoms with E-state index in [0.29, 0.717) is 5.56 Å². The number of carboxylic acid groups (broad SMARTS) is 1. The summed E-state index contributed by atoms with van der Waals surface area (Å²) >= 11 is 12.4. The number of carbonyl (C=O) groups is 2. The maximum absolute atomic E-state index is 12.7. The van der Waals surface area contributed by atoms with Crippen LogP contribution in [0, 0.1) is 5.92 Å². The molecule has 0 heterocycles. The van der Waals surface area contributed by atoms with Gasteiger partial charge in [-0.05, 0) is 37.3 Å². The van der Waals surface area contributed by atoms with E-state index in [1.807, 2.05) is 0 Å². The number of Topliss-reactive ketones (excluding diaryl/α,β-unsaturated/α-hetero) is 1. The Hall–Kier alpha value is -1.30. The van der Waals surface area contributed by atoms with Crippen LogP contribution in [-0.4, -0.2) is 34.2 Å². The summed E-state index contributed by atoms with van der Waals surface area (Å²) in [7, 11) is 0. The fourth-order valence-corrected chi connectivity index (χ4v) is 4.53. The number of carbonyl (C=O) groups excluding carboxylic acids is 1. The Morgan fingerprint density at radius 3 is 2.54 bits per heavy atom. The molecule has 0 radical (unpaired) electrons. The van der Waals surface area contributed by atoms with Crippen LogP contribution in [0.2, 0.25) is 10.0 Å². The molecule has 0 aromatic heterocycles. The third-order valence-electron chi connectivity index (χ3n) is 5.05. The molecule has 2 atom stereocenters. The third-order valence-corrected chi connectivity index (χ3v) is 5.90. The minimum atomic E-state index is -1.55. The number of carboxylic acids is 1. The molecule has 2 unspecified atom stereocenters. The number of rotatable bonds is 4. The summed E-state index contributed by atoms with van der Waals surface area (Å²) in [6.07, 6.45) is 3.98. The predicted molar refractivity (Wildman–Crippen MR) is 89.2 cm³/mol. The minimum absolute atomic E-state index is 0.00658. The lowest BCUT2D eigenvalue weighted by Gasteiger charge is -2.30. The van der Waals surface area contributed by atoms with Crippen molar-refractivity contribution in [2.45, 2.75) is 44.1 Å². The molecule has 130 valence electrons. The van der Waals surface area contributed by atoms with Gasteiger partial charge in [0.25, 0.3) is 0 Å². The Morgan fingerprint density at radius 1 is 1.33 bits per heavy atom. The molecule has 7 heteroatoms. The van der Waals surface area contributed by atoms with Crippen LogP contribution in [0.15, 0.2) is 6.07 Å². The quantitative estimate of drug-likeness (QED) is 0.841. The van der Waals surface area contributed by atoms with Crippen LogP contribution in [0.5, 0.6) is 5.75 Å². The van der Waals surface area contributed by atoms with E-state index in [-0.39, 0.29) is 33.2 Å². The average Bonchev–Trinajstić information content (AvgIpc) is 3.08. The number of halogens is 2. The topological polar surface area (TPSA) is 83.8 Å². The van der Waals surface area contributed by atoms with Crippen molar-refractivity contribution in [3.63, 3.8) is 0 Å². The standard InChI is InChI=1S/C17H18Cl2O5/c1-17(23)13(8-4-2-3-5-8)9-6-10(24-7-11(20)21)14(18)15(19)12(9)16(17)22/h6,8,13,23H,2-5,7H2,1H3,(H,20,21). The molecule has 1 aromatic rings. The monoisotopic (exact) mass is 372 g/mol. The Morgan fingerprint density at radius 2 is 1.96 bits per heavy atom. The van der Waals surface area contributed by atoms with E-state index >= 15 is 0 Å². The van der Waals surface area contributed by atoms with Gasteiger partial charge in [-0.1, -0.05) is 36.0 Å². The number of hydrogen-bond acceptors (Lipinski definition) is 4. The molecule has 1 fully saturated rings. The van der Waals surface area contributed by atoms with E-state index < -0.39 is 24.0 Å². The second-order valence-corrected chi connectivity index (χ2v) is 7.40. The molecular weight excluding hydrogens is 355 g/mol. The molecule has 5 nitrogen and oxygen atoms in total. The van der Waals surface area contributed by atoms with E-state index in [4.69, 9.17) is 33.0 Å². The molecule has 0 aliphatic heterocycles. The molecule has 2 N–H and O–H groups in total. The first kappa shape index (κ1) is 17.5. The maximum Gasteiger partial charge on any atom is 0.341 e. The highest BCUT2D eigenvalue weighted by molar-refractivity contribution is 6.45. The highest BCUT2D eigenvalue weighted by atomic mass is 35.5. The molecule has 0 amide bonds. The van der Waals surface area contributed by atoms with Crippen molar-refractivity contribution in [3.05, 3.63) is 27.2 Å². The van der Waals surface area contributed by atoms with Crippen molar-refractivity contribution in [1.29, 1.82) is 0 Å². The first-order valence-electron chi connectivity index (χ1n) is 7.88. The second kappa shape index (κ2) is 6.21. The predicted octanol–water partition coefficient (Wildman–Crippen LogP) is 3.68. The van der Waals surface area contributed by atoms with E-state index in [1.54, 1.807) is 6.07 Å². The fourth-order valence-electron chi connectivity index (χ4n) is 4.04. The zero-order valence-corrected chi connectivity index (χ0v) is 14.7. The van der Waals surface area contributed by atoms with Gasteiger partial charge >= 0.3 is 5.97 Å². The molecule has 24 heavy (non-hydrogen) atoms. The number of fused-ring (bicyclic) bond motifs is 1. The van der Waals surface area contributed by atoms with Crippen LogP contribution in [0.1, 0.15) is 54.4 Å². The van der Waals surface area contributed by atoms with Gasteiger partial charge in [-0.3, -0.25) is 4.79 Å². The molecule has 0 bridgehead atoms. The number of aliphatic carboxylic acids is 1. The minimum Gasteiger partial charge on any atom is -0.480 e. The summed E-state index contributed by atoms with van der Waals surface area (Å²) in [6, 6.07) is 1.56. The molecule has 0 spiro atoms. The Balaban J connectivity index is 2.11. The van der Waals surface area contributed by atoms with Crippen LogP contribution in [-0.2, 0) is 4.79 Å². The lowest BCUT2D eigenvalue weighted by atomic mass is 9.78. The van der Waals surface area contributed by atoms with Gasteiger partial charge in [0.1, 0.15) is 16.4 Å². The van der Waals surface area contributed by atoms with Gasteiger partial charge in [-0.25, -0.2) is 4.79 Å². The Kier molecular flexibility index (Phi) is 4.53. The molecule has 0 saturated heterocycles. The second-order valence-electron chi connectivity index (χ2n) is 6.65. The van der Waals surface area contributed by atoms with E-state index in [1.165, 1.54) is 6.92 Å². The maximum atomic E-state index is 12.7. The summed E-state index contributed by atoms with van der Waals surface area (Å²) in [5.74, 6) is -1.67. The number of hydrogen-bond donors (Lipinski definition) is 2. The van der Waals surface area contributed by atoms with Crippen molar-refractivity contribution in [2.24, 2.45) is 5.92 Å². The number of aliphatic hydroxyl groups is 1. The van der Waals surface area contributed by atoms with Crippen molar-refractivity contribution in [2.75, 3.05) is 6.61 Å². The lowest BCUT2D eigenvalue weighted by molar-refractivity contribution is -0.139. The fraction of sp³-hybridized carbons (Fsp3) is 0.529. The van der Waals surface area contributed by atoms with Crippen molar-refractivity contribution in [3.8, 4) is 5.75 Å². The molecular formula is C17H18Cl2O5. The highest BCUT2D eigenvalue weighted by Gasteiger charge is 2.53. The van der Waals surface area contributed by atoms with Gasteiger partial charge < -0.3 is 14.9 Å². The van der Waals surface area contributed by atoms with Gasteiger partial charge in [0, 0.05) is 11.5 Å². The summed E-state index contributed by atoms with van der Waals surface area (Å²) in [4.78, 5) is 23.4. The zero-order valence-electron chi connectivity index (χ0n) is 13.1. The van der Waals surface area contributed by atoms with Crippen LogP contribution in [0.25, 0.3) is 0 Å². The van der Waals surface area contributed by atoms with Gasteiger partial charge in [0.05, 0.1) is 5.02 Å². The van der Waals surface area contributed by atoms with Gasteiger partial charge in [0.2, 0.25) is 0 Å². The van der Waals surface area contributed by atoms with E-state index in [0.717, 1.165) is 25.7 Å². The lowest BCUT2D eigenvalue weighted by Crippen LogP contribution is -2.38. The van der Waals surface area contributed by atoms with Crippen LogP contribution < -0.4 is 4.74 Å². The van der Waals surface area contributed by atoms with Crippen molar-refractivity contribution < 1.29 is 24.5 Å². The third kappa shape index (κ3) is 2.68. The van der Waals surface area contributed by atoms with E-state index in [9.17, 15) is 14.7 Å². The SMILES string of the molecule is CC1(O)C(=O)c2c(cc(OCC(=O)O)c(Cl)c2Cl)C1C1CCCC1. The van der Waals surface area contributed by atoms with Crippen LogP contribution in [0.4, 0.5) is 0 Å². The number of ether oxygens (including phenoxy) is 1. The van der Waals surface area contributed by atoms with Crippen molar-refractivity contribution >= 4 is 35.0 Å². The van der Waals surface area contributed by atoms with Gasteiger partial charge in [-0.15, -0.1) is 0 Å². The number of ketones is 1. The summed E-state index contributed by atoms with van der Waals surface area (Å²) in [6.45, 7) is 0.952. The summed E-state index contributed by atoms with van der Waals surface area (Å²) in [5, 5.41) is 19.6. The number of benzene rings is 1. The summed E-state index contributed by atoms with van der Waals surface area (Å²) < 4.78 is 5.21. The Labute approximate surface area is 149 Å². The van der Waals surface area contributed by atoms with E-state index in [2.05, 4.69) is 0 Å². The van der Waals surface area contributed by atoms with Crippen LogP contribution >= 0.6 is 23.2 Å². The zero-order chi connectivity index (χ0) is 17.6.